The number of nitrogens with zero attached hydrogens (tertiary/aromatic N) is 1. The van der Waals surface area contributed by atoms with Crippen LogP contribution in [0.1, 0.15) is 46.0 Å². The van der Waals surface area contributed by atoms with Crippen LogP contribution in [0.15, 0.2) is 0 Å². The SMILES string of the molecule is CN1CCC(C)(C)CC12CCC2. The summed E-state index contributed by atoms with van der Waals surface area (Å²) in [5.41, 5.74) is 1.23. The van der Waals surface area contributed by atoms with Crippen LogP contribution < -0.4 is 0 Å². The van der Waals surface area contributed by atoms with Crippen molar-refractivity contribution in [3.05, 3.63) is 0 Å². The first-order valence-corrected chi connectivity index (χ1v) is 5.25. The van der Waals surface area contributed by atoms with Crippen LogP contribution >= 0.6 is 0 Å². The smallest absolute Gasteiger partial charge is 0.0211 e. The third kappa shape index (κ3) is 1.19. The highest BCUT2D eigenvalue weighted by atomic mass is 15.2. The van der Waals surface area contributed by atoms with Crippen LogP contribution in [0.4, 0.5) is 0 Å². The van der Waals surface area contributed by atoms with Gasteiger partial charge in [0.1, 0.15) is 0 Å². The Hall–Kier alpha value is -0.0400. The van der Waals surface area contributed by atoms with E-state index in [-0.39, 0.29) is 0 Å². The minimum Gasteiger partial charge on any atom is -0.301 e. The monoisotopic (exact) mass is 167 g/mol. The van der Waals surface area contributed by atoms with Gasteiger partial charge in [-0.3, -0.25) is 0 Å². The zero-order valence-electron chi connectivity index (χ0n) is 8.69. The van der Waals surface area contributed by atoms with Crippen LogP contribution in [0.25, 0.3) is 0 Å². The summed E-state index contributed by atoms with van der Waals surface area (Å²) in [6, 6.07) is 0. The molecular weight excluding hydrogens is 146 g/mol. The molecule has 0 aromatic carbocycles. The molecule has 1 saturated carbocycles. The van der Waals surface area contributed by atoms with Crippen molar-refractivity contribution < 1.29 is 0 Å². The van der Waals surface area contributed by atoms with Gasteiger partial charge in [0.15, 0.2) is 0 Å². The lowest BCUT2D eigenvalue weighted by atomic mass is 9.63. The van der Waals surface area contributed by atoms with E-state index >= 15 is 0 Å². The molecule has 0 aromatic heterocycles. The minimum absolute atomic E-state index is 0.604. The molecule has 0 N–H and O–H groups in total. The normalized spacial score (nSPS) is 33.2. The lowest BCUT2D eigenvalue weighted by Crippen LogP contribution is -2.58. The standard InChI is InChI=1S/C11H21N/c1-10(2)7-8-12(3)11(9-10)5-4-6-11/h4-9H2,1-3H3. The molecule has 12 heavy (non-hydrogen) atoms. The second kappa shape index (κ2) is 2.47. The first kappa shape index (κ1) is 8.55. The van der Waals surface area contributed by atoms with E-state index in [2.05, 4.69) is 25.8 Å². The van der Waals surface area contributed by atoms with E-state index in [9.17, 15) is 0 Å². The zero-order valence-corrected chi connectivity index (χ0v) is 8.69. The summed E-state index contributed by atoms with van der Waals surface area (Å²) in [5, 5.41) is 0. The van der Waals surface area contributed by atoms with Crippen molar-refractivity contribution in [1.82, 2.24) is 4.90 Å². The minimum atomic E-state index is 0.604. The third-order valence-corrected chi connectivity index (χ3v) is 4.03. The topological polar surface area (TPSA) is 3.24 Å². The van der Waals surface area contributed by atoms with Crippen molar-refractivity contribution in [2.45, 2.75) is 51.5 Å². The molecule has 2 rings (SSSR count). The van der Waals surface area contributed by atoms with Crippen LogP contribution in [0.3, 0.4) is 0 Å². The highest BCUT2D eigenvalue weighted by Crippen LogP contribution is 2.49. The fourth-order valence-electron chi connectivity index (χ4n) is 2.97. The van der Waals surface area contributed by atoms with E-state index in [1.54, 1.807) is 0 Å². The third-order valence-electron chi connectivity index (χ3n) is 4.03. The van der Waals surface area contributed by atoms with Gasteiger partial charge in [-0.25, -0.2) is 0 Å². The van der Waals surface area contributed by atoms with E-state index in [0.717, 1.165) is 0 Å². The molecule has 0 amide bonds. The van der Waals surface area contributed by atoms with Crippen molar-refractivity contribution in [3.63, 3.8) is 0 Å². The predicted molar refractivity (Wildman–Crippen MR) is 52.2 cm³/mol. The van der Waals surface area contributed by atoms with Gasteiger partial charge in [0, 0.05) is 5.54 Å². The summed E-state index contributed by atoms with van der Waals surface area (Å²) in [7, 11) is 2.31. The van der Waals surface area contributed by atoms with Crippen LogP contribution in [0, 0.1) is 5.41 Å². The molecule has 0 bridgehead atoms. The van der Waals surface area contributed by atoms with Gasteiger partial charge < -0.3 is 4.90 Å². The van der Waals surface area contributed by atoms with E-state index in [0.29, 0.717) is 11.0 Å². The van der Waals surface area contributed by atoms with E-state index < -0.39 is 0 Å². The number of hydrogen-bond donors (Lipinski definition) is 0. The molecule has 1 heteroatoms. The highest BCUT2D eigenvalue weighted by molar-refractivity contribution is 5.03. The van der Waals surface area contributed by atoms with Crippen molar-refractivity contribution >= 4 is 0 Å². The average Bonchev–Trinajstić information content (AvgIpc) is 1.91. The van der Waals surface area contributed by atoms with Crippen molar-refractivity contribution in [1.29, 1.82) is 0 Å². The summed E-state index contributed by atoms with van der Waals surface area (Å²) in [4.78, 5) is 2.61. The summed E-state index contributed by atoms with van der Waals surface area (Å²) in [6.07, 6.45) is 7.17. The van der Waals surface area contributed by atoms with Crippen molar-refractivity contribution in [2.75, 3.05) is 13.6 Å². The molecule has 0 atom stereocenters. The molecule has 1 spiro atoms. The van der Waals surface area contributed by atoms with E-state index in [1.165, 1.54) is 38.6 Å². The van der Waals surface area contributed by atoms with Gasteiger partial charge in [-0.15, -0.1) is 0 Å². The van der Waals surface area contributed by atoms with Gasteiger partial charge in [0.2, 0.25) is 0 Å². The Morgan fingerprint density at radius 1 is 1.08 bits per heavy atom. The fraction of sp³-hybridized carbons (Fsp3) is 1.00. The average molecular weight is 167 g/mol. The van der Waals surface area contributed by atoms with Gasteiger partial charge in [-0.2, -0.15) is 0 Å². The second-order valence-corrected chi connectivity index (χ2v) is 5.59. The number of likely N-dealkylation sites (tertiary alicyclic amines) is 1. The fourth-order valence-corrected chi connectivity index (χ4v) is 2.97. The van der Waals surface area contributed by atoms with Crippen molar-refractivity contribution in [3.8, 4) is 0 Å². The molecule has 0 aromatic rings. The molecule has 1 aliphatic heterocycles. The second-order valence-electron chi connectivity index (χ2n) is 5.59. The molecule has 0 radical (unpaired) electrons. The van der Waals surface area contributed by atoms with Gasteiger partial charge in [-0.05, 0) is 51.1 Å². The van der Waals surface area contributed by atoms with E-state index in [1.807, 2.05) is 0 Å². The molecule has 1 heterocycles. The Bertz CT molecular complexity index is 179. The molecular formula is C11H21N. The quantitative estimate of drug-likeness (QED) is 0.536. The van der Waals surface area contributed by atoms with Gasteiger partial charge in [-0.1, -0.05) is 13.8 Å². The maximum Gasteiger partial charge on any atom is 0.0211 e. The molecule has 70 valence electrons. The van der Waals surface area contributed by atoms with Crippen LogP contribution in [0.5, 0.6) is 0 Å². The molecule has 2 aliphatic rings. The Kier molecular flexibility index (Phi) is 1.76. The summed E-state index contributed by atoms with van der Waals surface area (Å²) in [6.45, 7) is 6.17. The molecule has 1 nitrogen and oxygen atoms in total. The lowest BCUT2D eigenvalue weighted by molar-refractivity contribution is -0.0447. The first-order chi connectivity index (χ1) is 5.54. The number of rotatable bonds is 0. The maximum atomic E-state index is 2.61. The Morgan fingerprint density at radius 3 is 2.17 bits per heavy atom. The first-order valence-electron chi connectivity index (χ1n) is 5.25. The predicted octanol–water partition coefficient (Wildman–Crippen LogP) is 2.66. The molecule has 1 saturated heterocycles. The van der Waals surface area contributed by atoms with Crippen LogP contribution in [-0.2, 0) is 0 Å². The van der Waals surface area contributed by atoms with Crippen molar-refractivity contribution in [2.24, 2.45) is 5.41 Å². The summed E-state index contributed by atoms with van der Waals surface area (Å²) >= 11 is 0. The maximum absolute atomic E-state index is 2.61. The van der Waals surface area contributed by atoms with Crippen LogP contribution in [-0.4, -0.2) is 24.0 Å². The molecule has 2 fully saturated rings. The largest absolute Gasteiger partial charge is 0.301 e. The van der Waals surface area contributed by atoms with Gasteiger partial charge >= 0.3 is 0 Å². The zero-order chi connectivity index (χ0) is 8.82. The summed E-state index contributed by atoms with van der Waals surface area (Å²) < 4.78 is 0. The Labute approximate surface area is 76.1 Å². The molecule has 0 unspecified atom stereocenters. The molecule has 1 aliphatic carbocycles. The lowest BCUT2D eigenvalue weighted by Gasteiger charge is -2.56. The summed E-state index contributed by atoms with van der Waals surface area (Å²) in [5.74, 6) is 0. The highest BCUT2D eigenvalue weighted by Gasteiger charge is 2.47. The van der Waals surface area contributed by atoms with Gasteiger partial charge in [0.05, 0.1) is 0 Å². The van der Waals surface area contributed by atoms with Gasteiger partial charge in [0.25, 0.3) is 0 Å². The Balaban J connectivity index is 2.10. The van der Waals surface area contributed by atoms with Crippen LogP contribution in [0.2, 0.25) is 0 Å². The van der Waals surface area contributed by atoms with E-state index in [4.69, 9.17) is 0 Å². The number of hydrogen-bond acceptors (Lipinski definition) is 1. The Morgan fingerprint density at radius 2 is 1.75 bits per heavy atom. The number of piperidine rings is 1.